The van der Waals surface area contributed by atoms with Crippen molar-refractivity contribution in [2.75, 3.05) is 0 Å². The number of carbonyl (C=O) groups excluding carboxylic acids is 4. The van der Waals surface area contributed by atoms with Crippen molar-refractivity contribution in [3.05, 3.63) is 0 Å². The molecule has 0 amide bonds. The van der Waals surface area contributed by atoms with Crippen LogP contribution >= 0.6 is 0 Å². The van der Waals surface area contributed by atoms with Gasteiger partial charge in [0.2, 0.25) is 0 Å². The minimum Gasteiger partial charge on any atom is -0.307 e. The fourth-order valence-electron chi connectivity index (χ4n) is 0. The Morgan fingerprint density at radius 3 is 0.444 bits per heavy atom. The normalized spacial score (nSPS) is 1.78. The molecule has 0 rings (SSSR count). The van der Waals surface area contributed by atoms with E-state index in [0.717, 1.165) is 0 Å². The van der Waals surface area contributed by atoms with Crippen LogP contribution in [0.5, 0.6) is 0 Å². The Bertz CT molecular complexity index is 20.5. The molecule has 0 saturated heterocycles. The molecular weight excluding hydrogens is 171 g/mol. The average Bonchev–Trinajstić information content (AvgIpc) is 2.03. The Labute approximate surface area is 63.5 Å². The van der Waals surface area contributed by atoms with Gasteiger partial charge in [0.05, 0.1) is 0 Å². The maximum absolute atomic E-state index is 8.00. The Kier molecular flexibility index (Phi) is 1860. The van der Waals surface area contributed by atoms with Crippen LogP contribution in [-0.2, 0) is 35.7 Å². The quantitative estimate of drug-likeness (QED) is 0.459. The van der Waals surface area contributed by atoms with Crippen LogP contribution in [0.15, 0.2) is 0 Å². The first-order chi connectivity index (χ1) is 4.00. The van der Waals surface area contributed by atoms with E-state index in [-0.39, 0.29) is 16.5 Å². The first-order valence-corrected chi connectivity index (χ1v) is 1.15. The molecule has 0 fully saturated rings. The maximum atomic E-state index is 8.00. The molecule has 0 radical (unpaired) electrons. The van der Waals surface area contributed by atoms with Gasteiger partial charge in [0, 0.05) is 16.5 Å². The maximum Gasteiger partial charge on any atom is 0.106 e. The SMILES string of the molecule is C=O.C=O.C=O.C=O.[Ni]. The second kappa shape index (κ2) is 400. The number of rotatable bonds is 0. The molecule has 0 aliphatic rings. The van der Waals surface area contributed by atoms with Crippen LogP contribution in [0.4, 0.5) is 0 Å². The molecule has 0 aromatic carbocycles. The molecule has 0 aliphatic carbocycles. The average molecular weight is 179 g/mol. The first kappa shape index (κ1) is 41.8. The Balaban J connectivity index is -0.00000000762. The molecule has 58 valence electrons. The fourth-order valence-corrected chi connectivity index (χ4v) is 0. The van der Waals surface area contributed by atoms with Gasteiger partial charge in [0.25, 0.3) is 0 Å². The third-order valence-electron chi connectivity index (χ3n) is 0. The second-order valence-corrected chi connectivity index (χ2v) is 0. The Morgan fingerprint density at radius 1 is 0.444 bits per heavy atom. The summed E-state index contributed by atoms with van der Waals surface area (Å²) in [6.07, 6.45) is 0. The molecule has 0 bridgehead atoms. The van der Waals surface area contributed by atoms with E-state index in [0.29, 0.717) is 0 Å². The number of hydrogen-bond donors (Lipinski definition) is 0. The molecule has 9 heavy (non-hydrogen) atoms. The fraction of sp³-hybridized carbons (Fsp3) is 0. The van der Waals surface area contributed by atoms with Gasteiger partial charge >= 0.3 is 0 Å². The van der Waals surface area contributed by atoms with Crippen molar-refractivity contribution < 1.29 is 35.7 Å². The van der Waals surface area contributed by atoms with Crippen molar-refractivity contribution in [1.29, 1.82) is 0 Å². The van der Waals surface area contributed by atoms with E-state index in [9.17, 15) is 0 Å². The summed E-state index contributed by atoms with van der Waals surface area (Å²) in [5.74, 6) is 0. The molecule has 0 atom stereocenters. The molecule has 0 aromatic heterocycles. The number of hydrogen-bond acceptors (Lipinski definition) is 4. The molecule has 0 saturated carbocycles. The minimum atomic E-state index is 0. The van der Waals surface area contributed by atoms with Crippen LogP contribution in [0.25, 0.3) is 0 Å². The van der Waals surface area contributed by atoms with Gasteiger partial charge in [-0.25, -0.2) is 0 Å². The minimum absolute atomic E-state index is 0. The van der Waals surface area contributed by atoms with Crippen molar-refractivity contribution in [3.8, 4) is 0 Å². The van der Waals surface area contributed by atoms with Crippen molar-refractivity contribution in [2.24, 2.45) is 0 Å². The van der Waals surface area contributed by atoms with E-state index < -0.39 is 0 Å². The van der Waals surface area contributed by atoms with Gasteiger partial charge in [0.15, 0.2) is 0 Å². The summed E-state index contributed by atoms with van der Waals surface area (Å²) in [6, 6.07) is 0. The Hall–Kier alpha value is -0.826. The van der Waals surface area contributed by atoms with Gasteiger partial charge in [-0.3, -0.25) is 0 Å². The number of carbonyl (C=O) groups is 4. The van der Waals surface area contributed by atoms with Crippen molar-refractivity contribution >= 4 is 27.2 Å². The summed E-state index contributed by atoms with van der Waals surface area (Å²) in [7, 11) is 0. The Morgan fingerprint density at radius 2 is 0.444 bits per heavy atom. The smallest absolute Gasteiger partial charge is 0.106 e. The van der Waals surface area contributed by atoms with E-state index in [4.69, 9.17) is 19.2 Å². The third-order valence-corrected chi connectivity index (χ3v) is 0. The summed E-state index contributed by atoms with van der Waals surface area (Å²) in [4.78, 5) is 32.0. The summed E-state index contributed by atoms with van der Waals surface area (Å²) in [5, 5.41) is 0. The van der Waals surface area contributed by atoms with Gasteiger partial charge in [-0.2, -0.15) is 0 Å². The largest absolute Gasteiger partial charge is 0.307 e. The van der Waals surface area contributed by atoms with E-state index >= 15 is 0 Å². The zero-order valence-corrected chi connectivity index (χ0v) is 5.77. The topological polar surface area (TPSA) is 68.3 Å². The molecule has 0 unspecified atom stereocenters. The zero-order valence-electron chi connectivity index (χ0n) is 4.78. The van der Waals surface area contributed by atoms with Gasteiger partial charge in [0.1, 0.15) is 27.2 Å². The summed E-state index contributed by atoms with van der Waals surface area (Å²) < 4.78 is 0. The predicted molar refractivity (Wildman–Crippen MR) is 28.5 cm³/mol. The van der Waals surface area contributed by atoms with Crippen LogP contribution in [-0.4, -0.2) is 27.2 Å². The van der Waals surface area contributed by atoms with Gasteiger partial charge in [-0.1, -0.05) is 0 Å². The molecule has 0 N–H and O–H groups in total. The molecule has 0 aromatic rings. The van der Waals surface area contributed by atoms with Gasteiger partial charge in [-0.05, 0) is 0 Å². The van der Waals surface area contributed by atoms with Crippen LogP contribution in [0.3, 0.4) is 0 Å². The van der Waals surface area contributed by atoms with E-state index in [1.54, 1.807) is 0 Å². The third kappa shape index (κ3) is 281. The molecule has 5 heteroatoms. The van der Waals surface area contributed by atoms with E-state index in [1.165, 1.54) is 0 Å². The molecule has 0 heterocycles. The van der Waals surface area contributed by atoms with E-state index in [2.05, 4.69) is 0 Å². The van der Waals surface area contributed by atoms with Gasteiger partial charge in [-0.15, -0.1) is 0 Å². The second-order valence-electron chi connectivity index (χ2n) is 0. The van der Waals surface area contributed by atoms with Crippen LogP contribution < -0.4 is 0 Å². The van der Waals surface area contributed by atoms with Gasteiger partial charge < -0.3 is 19.2 Å². The summed E-state index contributed by atoms with van der Waals surface area (Å²) in [6.45, 7) is 8.00. The van der Waals surface area contributed by atoms with Crippen molar-refractivity contribution in [3.63, 3.8) is 0 Å². The van der Waals surface area contributed by atoms with Crippen LogP contribution in [0, 0.1) is 0 Å². The van der Waals surface area contributed by atoms with E-state index in [1.807, 2.05) is 27.2 Å². The first-order valence-electron chi connectivity index (χ1n) is 1.15. The monoisotopic (exact) mass is 178 g/mol. The molecule has 0 aliphatic heterocycles. The predicted octanol–water partition coefficient (Wildman–Crippen LogP) is -0.742. The van der Waals surface area contributed by atoms with Crippen LogP contribution in [0.2, 0.25) is 0 Å². The summed E-state index contributed by atoms with van der Waals surface area (Å²) >= 11 is 0. The molecular formula is C4H8NiO4. The van der Waals surface area contributed by atoms with Crippen molar-refractivity contribution in [2.45, 2.75) is 0 Å². The molecule has 0 spiro atoms. The van der Waals surface area contributed by atoms with Crippen LogP contribution in [0.1, 0.15) is 0 Å². The van der Waals surface area contributed by atoms with Crippen molar-refractivity contribution in [1.82, 2.24) is 0 Å². The zero-order chi connectivity index (χ0) is 8.00. The molecule has 4 nitrogen and oxygen atoms in total. The standard InChI is InChI=1S/4CH2O.Ni/c4*1-2;/h4*1H2;. The summed E-state index contributed by atoms with van der Waals surface area (Å²) in [5.41, 5.74) is 0.